The fraction of sp³-hybridized carbons (Fsp3) is 0.167. The molecule has 0 saturated carbocycles. The van der Waals surface area contributed by atoms with E-state index in [0.717, 1.165) is 10.9 Å². The summed E-state index contributed by atoms with van der Waals surface area (Å²) < 4.78 is 1.78. The average Bonchev–Trinajstić information content (AvgIpc) is 2.67. The normalized spacial score (nSPS) is 11.1. The van der Waals surface area contributed by atoms with Crippen molar-refractivity contribution in [3.63, 3.8) is 0 Å². The maximum absolute atomic E-state index is 5.59. The van der Waals surface area contributed by atoms with E-state index in [2.05, 4.69) is 34.5 Å². The first kappa shape index (κ1) is 11.7. The molecule has 88 valence electrons. The Balaban J connectivity index is 1.88. The van der Waals surface area contributed by atoms with Gasteiger partial charge in [0.2, 0.25) is 5.95 Å². The quantitative estimate of drug-likeness (QED) is 0.840. The molecule has 0 bridgehead atoms. The molecule has 0 fully saturated rings. The Labute approximate surface area is 105 Å². The molecule has 0 aliphatic carbocycles. The summed E-state index contributed by atoms with van der Waals surface area (Å²) in [6.45, 7) is 0. The molecule has 0 unspecified atom stereocenters. The van der Waals surface area contributed by atoms with Gasteiger partial charge in [-0.25, -0.2) is 0 Å². The second-order valence-electron chi connectivity index (χ2n) is 3.52. The Kier molecular flexibility index (Phi) is 3.82. The monoisotopic (exact) mass is 246 g/mol. The highest BCUT2D eigenvalue weighted by molar-refractivity contribution is 7.99. The van der Waals surface area contributed by atoms with Crippen molar-refractivity contribution in [2.75, 3.05) is 11.5 Å². The van der Waals surface area contributed by atoms with Crippen LogP contribution in [0.5, 0.6) is 0 Å². The van der Waals surface area contributed by atoms with E-state index >= 15 is 0 Å². The van der Waals surface area contributed by atoms with Gasteiger partial charge in [0.05, 0.1) is 0 Å². The van der Waals surface area contributed by atoms with Gasteiger partial charge in [0.1, 0.15) is 0 Å². The number of benzene rings is 1. The molecule has 2 rings (SSSR count). The largest absolute Gasteiger partial charge is 0.368 e. The highest BCUT2D eigenvalue weighted by Crippen LogP contribution is 2.16. The molecular weight excluding hydrogens is 232 g/mol. The number of rotatable bonds is 4. The molecule has 1 heterocycles. The average molecular weight is 246 g/mol. The molecule has 0 atom stereocenters. The highest BCUT2D eigenvalue weighted by atomic mass is 32.2. The fourth-order valence-electron chi connectivity index (χ4n) is 1.32. The van der Waals surface area contributed by atoms with Crippen molar-refractivity contribution in [2.24, 2.45) is 7.05 Å². The number of anilines is 1. The Morgan fingerprint density at radius 1 is 1.29 bits per heavy atom. The molecule has 2 aromatic rings. The van der Waals surface area contributed by atoms with Gasteiger partial charge in [0.25, 0.3) is 0 Å². The van der Waals surface area contributed by atoms with E-state index in [9.17, 15) is 0 Å². The van der Waals surface area contributed by atoms with Crippen LogP contribution in [0.4, 0.5) is 5.95 Å². The summed E-state index contributed by atoms with van der Waals surface area (Å²) in [5.74, 6) is 1.29. The number of nitrogens with zero attached hydrogens (tertiary/aromatic N) is 3. The summed E-state index contributed by atoms with van der Waals surface area (Å²) in [7, 11) is 1.86. The molecule has 0 radical (unpaired) electrons. The first-order chi connectivity index (χ1) is 8.27. The lowest BCUT2D eigenvalue weighted by atomic mass is 10.2. The lowest BCUT2D eigenvalue weighted by Crippen LogP contribution is -1.97. The van der Waals surface area contributed by atoms with E-state index in [1.165, 1.54) is 5.56 Å². The van der Waals surface area contributed by atoms with E-state index in [1.54, 1.807) is 16.3 Å². The zero-order valence-corrected chi connectivity index (χ0v) is 10.4. The van der Waals surface area contributed by atoms with Crippen molar-refractivity contribution in [3.8, 4) is 0 Å². The van der Waals surface area contributed by atoms with Crippen LogP contribution in [0.25, 0.3) is 6.08 Å². The predicted octanol–water partition coefficient (Wildman–Crippen LogP) is 2.20. The van der Waals surface area contributed by atoms with Gasteiger partial charge < -0.3 is 5.73 Å². The van der Waals surface area contributed by atoms with E-state index in [-0.39, 0.29) is 0 Å². The number of nitrogen functional groups attached to an aromatic ring is 1. The van der Waals surface area contributed by atoms with Gasteiger partial charge in [-0.3, -0.25) is 4.57 Å². The second-order valence-corrected chi connectivity index (χ2v) is 4.51. The molecule has 0 aliphatic rings. The minimum atomic E-state index is 0.444. The Bertz CT molecular complexity index is 504. The van der Waals surface area contributed by atoms with E-state index in [4.69, 9.17) is 5.73 Å². The van der Waals surface area contributed by atoms with Crippen LogP contribution in [-0.2, 0) is 7.05 Å². The third-order valence-corrected chi connectivity index (χ3v) is 3.26. The third-order valence-electron chi connectivity index (χ3n) is 2.29. The van der Waals surface area contributed by atoms with Crippen LogP contribution in [0.1, 0.15) is 5.56 Å². The van der Waals surface area contributed by atoms with Crippen molar-refractivity contribution in [2.45, 2.75) is 5.16 Å². The SMILES string of the molecule is Cn1c(N)nnc1SCC=Cc1ccccc1. The molecule has 0 amide bonds. The first-order valence-corrected chi connectivity index (χ1v) is 6.25. The first-order valence-electron chi connectivity index (χ1n) is 5.26. The fourth-order valence-corrected chi connectivity index (χ4v) is 2.05. The Morgan fingerprint density at radius 3 is 2.71 bits per heavy atom. The highest BCUT2D eigenvalue weighted by Gasteiger charge is 2.03. The van der Waals surface area contributed by atoms with Crippen LogP contribution < -0.4 is 5.73 Å². The van der Waals surface area contributed by atoms with Crippen LogP contribution in [0, 0.1) is 0 Å². The number of aromatic nitrogens is 3. The smallest absolute Gasteiger partial charge is 0.222 e. The summed E-state index contributed by atoms with van der Waals surface area (Å²) in [4.78, 5) is 0. The maximum atomic E-state index is 5.59. The molecule has 2 N–H and O–H groups in total. The minimum absolute atomic E-state index is 0.444. The summed E-state index contributed by atoms with van der Waals surface area (Å²) in [6, 6.07) is 10.2. The molecule has 0 saturated heterocycles. The third kappa shape index (κ3) is 3.10. The molecule has 4 nitrogen and oxygen atoms in total. The van der Waals surface area contributed by atoms with Crippen molar-refractivity contribution < 1.29 is 0 Å². The van der Waals surface area contributed by atoms with Crippen molar-refractivity contribution in [3.05, 3.63) is 42.0 Å². The van der Waals surface area contributed by atoms with Crippen LogP contribution in [0.3, 0.4) is 0 Å². The lowest BCUT2D eigenvalue weighted by molar-refractivity contribution is 0.797. The van der Waals surface area contributed by atoms with Crippen LogP contribution in [0.2, 0.25) is 0 Å². The molecule has 17 heavy (non-hydrogen) atoms. The van der Waals surface area contributed by atoms with Gasteiger partial charge in [-0.05, 0) is 5.56 Å². The van der Waals surface area contributed by atoms with Gasteiger partial charge in [-0.2, -0.15) is 0 Å². The molecule has 1 aromatic carbocycles. The van der Waals surface area contributed by atoms with Gasteiger partial charge >= 0.3 is 0 Å². The second kappa shape index (κ2) is 5.54. The van der Waals surface area contributed by atoms with Gasteiger partial charge in [0, 0.05) is 12.8 Å². The zero-order valence-electron chi connectivity index (χ0n) is 9.58. The molecule has 5 heteroatoms. The molecule has 0 spiro atoms. The maximum Gasteiger partial charge on any atom is 0.222 e. The minimum Gasteiger partial charge on any atom is -0.368 e. The number of nitrogens with two attached hydrogens (primary N) is 1. The Hall–Kier alpha value is -1.75. The van der Waals surface area contributed by atoms with Gasteiger partial charge in [0.15, 0.2) is 5.16 Å². The zero-order chi connectivity index (χ0) is 12.1. The number of hydrogen-bond acceptors (Lipinski definition) is 4. The molecule has 1 aromatic heterocycles. The van der Waals surface area contributed by atoms with Crippen molar-refractivity contribution >= 4 is 23.8 Å². The number of hydrogen-bond donors (Lipinski definition) is 1. The number of thioether (sulfide) groups is 1. The van der Waals surface area contributed by atoms with Crippen LogP contribution in [0.15, 0.2) is 41.6 Å². The topological polar surface area (TPSA) is 56.7 Å². The van der Waals surface area contributed by atoms with Crippen LogP contribution in [-0.4, -0.2) is 20.5 Å². The van der Waals surface area contributed by atoms with E-state index in [1.807, 2.05) is 25.2 Å². The lowest BCUT2D eigenvalue weighted by Gasteiger charge is -1.97. The summed E-state index contributed by atoms with van der Waals surface area (Å²) in [5, 5.41) is 8.61. The Morgan fingerprint density at radius 2 is 2.06 bits per heavy atom. The summed E-state index contributed by atoms with van der Waals surface area (Å²) >= 11 is 1.61. The molecule has 0 aliphatic heterocycles. The van der Waals surface area contributed by atoms with Crippen molar-refractivity contribution in [1.82, 2.24) is 14.8 Å². The van der Waals surface area contributed by atoms with E-state index in [0.29, 0.717) is 5.95 Å². The summed E-state index contributed by atoms with van der Waals surface area (Å²) in [5.41, 5.74) is 6.79. The van der Waals surface area contributed by atoms with Gasteiger partial charge in [-0.1, -0.05) is 54.2 Å². The predicted molar refractivity (Wildman–Crippen MR) is 71.6 cm³/mol. The van der Waals surface area contributed by atoms with Crippen LogP contribution >= 0.6 is 11.8 Å². The standard InChI is InChI=1S/C12H14N4S/c1-16-11(13)14-15-12(16)17-9-5-8-10-6-3-2-4-7-10/h2-8H,9H2,1H3,(H2,13,14). The van der Waals surface area contributed by atoms with Gasteiger partial charge in [-0.15, -0.1) is 10.2 Å². The van der Waals surface area contributed by atoms with E-state index < -0.39 is 0 Å². The van der Waals surface area contributed by atoms with Crippen molar-refractivity contribution in [1.29, 1.82) is 0 Å². The molecular formula is C12H14N4S. The summed E-state index contributed by atoms with van der Waals surface area (Å²) in [6.07, 6.45) is 4.19.